The summed E-state index contributed by atoms with van der Waals surface area (Å²) in [4.78, 5) is 33.8. The summed E-state index contributed by atoms with van der Waals surface area (Å²) in [5.41, 5.74) is 2.04. The molecule has 0 aliphatic rings. The van der Waals surface area contributed by atoms with Gasteiger partial charge >= 0.3 is 0 Å². The van der Waals surface area contributed by atoms with E-state index >= 15 is 0 Å². The molecule has 154 valence electrons. The number of carbonyl (C=O) groups is 2. The third kappa shape index (κ3) is 5.88. The van der Waals surface area contributed by atoms with E-state index < -0.39 is 4.92 Å². The Labute approximate surface area is 170 Å². The lowest BCUT2D eigenvalue weighted by atomic mass is 9.93. The van der Waals surface area contributed by atoms with Gasteiger partial charge in [-0.15, -0.1) is 0 Å². The molecule has 0 radical (unpaired) electrons. The van der Waals surface area contributed by atoms with Crippen LogP contribution in [0.3, 0.4) is 0 Å². The van der Waals surface area contributed by atoms with Crippen LogP contribution in [0.1, 0.15) is 61.1 Å². The molecular formula is C22H26N2O5. The van der Waals surface area contributed by atoms with Gasteiger partial charge in [0, 0.05) is 12.1 Å². The molecule has 0 aromatic heterocycles. The van der Waals surface area contributed by atoms with Crippen molar-refractivity contribution in [3.8, 4) is 5.75 Å². The fraction of sp³-hybridized carbons (Fsp3) is 0.364. The Morgan fingerprint density at radius 2 is 1.72 bits per heavy atom. The minimum atomic E-state index is -0.596. The molecule has 1 atom stereocenters. The molecule has 0 saturated heterocycles. The van der Waals surface area contributed by atoms with E-state index in [-0.39, 0.29) is 41.5 Å². The van der Waals surface area contributed by atoms with Gasteiger partial charge in [0.2, 0.25) is 0 Å². The molecule has 0 unspecified atom stereocenters. The quantitative estimate of drug-likeness (QED) is 0.383. The SMILES string of the molecule is CC(C)c1ccc([C@@H](NC(=O)COc2ccc([N+](=O)[O-])cc2C=O)C(C)C)cc1. The van der Waals surface area contributed by atoms with Gasteiger partial charge in [-0.05, 0) is 29.0 Å². The average Bonchev–Trinajstić information content (AvgIpc) is 2.70. The third-order valence-electron chi connectivity index (χ3n) is 4.64. The lowest BCUT2D eigenvalue weighted by Gasteiger charge is -2.23. The highest BCUT2D eigenvalue weighted by Crippen LogP contribution is 2.25. The van der Waals surface area contributed by atoms with Crippen molar-refractivity contribution in [2.24, 2.45) is 5.92 Å². The largest absolute Gasteiger partial charge is 0.483 e. The molecule has 0 aliphatic carbocycles. The Balaban J connectivity index is 2.06. The van der Waals surface area contributed by atoms with Crippen molar-refractivity contribution in [3.63, 3.8) is 0 Å². The van der Waals surface area contributed by atoms with Gasteiger partial charge < -0.3 is 10.1 Å². The molecule has 0 aliphatic heterocycles. The fourth-order valence-electron chi connectivity index (χ4n) is 2.95. The van der Waals surface area contributed by atoms with Crippen molar-refractivity contribution in [1.29, 1.82) is 0 Å². The highest BCUT2D eigenvalue weighted by Gasteiger charge is 2.19. The van der Waals surface area contributed by atoms with E-state index in [0.717, 1.165) is 11.6 Å². The van der Waals surface area contributed by atoms with Gasteiger partial charge in [0.1, 0.15) is 5.75 Å². The van der Waals surface area contributed by atoms with Crippen LogP contribution in [0.4, 0.5) is 5.69 Å². The molecule has 2 rings (SSSR count). The minimum Gasteiger partial charge on any atom is -0.483 e. The van der Waals surface area contributed by atoms with Crippen LogP contribution in [0.15, 0.2) is 42.5 Å². The predicted molar refractivity (Wildman–Crippen MR) is 110 cm³/mol. The molecule has 0 saturated carbocycles. The second-order valence-corrected chi connectivity index (χ2v) is 7.50. The Hall–Kier alpha value is -3.22. The Kier molecular flexibility index (Phi) is 7.47. The number of nitrogens with one attached hydrogen (secondary N) is 1. The van der Waals surface area contributed by atoms with Crippen molar-refractivity contribution in [2.45, 2.75) is 39.7 Å². The summed E-state index contributed by atoms with van der Waals surface area (Å²) in [6.07, 6.45) is 0.466. The summed E-state index contributed by atoms with van der Waals surface area (Å²) >= 11 is 0. The lowest BCUT2D eigenvalue weighted by Crippen LogP contribution is -2.35. The minimum absolute atomic E-state index is 0.0247. The van der Waals surface area contributed by atoms with E-state index in [4.69, 9.17) is 4.74 Å². The zero-order valence-corrected chi connectivity index (χ0v) is 17.0. The molecule has 29 heavy (non-hydrogen) atoms. The molecule has 1 N–H and O–H groups in total. The van der Waals surface area contributed by atoms with Crippen LogP contribution >= 0.6 is 0 Å². The number of rotatable bonds is 9. The second kappa shape index (κ2) is 9.82. The van der Waals surface area contributed by atoms with Gasteiger partial charge in [0.05, 0.1) is 16.5 Å². The summed E-state index contributed by atoms with van der Waals surface area (Å²) in [5, 5.41) is 13.8. The number of benzene rings is 2. The van der Waals surface area contributed by atoms with E-state index in [9.17, 15) is 19.7 Å². The van der Waals surface area contributed by atoms with Gasteiger partial charge in [-0.1, -0.05) is 52.0 Å². The van der Waals surface area contributed by atoms with Crippen LogP contribution in [-0.4, -0.2) is 23.7 Å². The first-order valence-electron chi connectivity index (χ1n) is 9.48. The fourth-order valence-corrected chi connectivity index (χ4v) is 2.95. The summed E-state index contributed by atoms with van der Waals surface area (Å²) in [7, 11) is 0. The van der Waals surface area contributed by atoms with Crippen LogP contribution < -0.4 is 10.1 Å². The molecule has 2 aromatic carbocycles. The molecule has 0 heterocycles. The van der Waals surface area contributed by atoms with E-state index in [1.54, 1.807) is 0 Å². The van der Waals surface area contributed by atoms with E-state index in [0.29, 0.717) is 12.2 Å². The number of hydrogen-bond donors (Lipinski definition) is 1. The molecule has 7 heteroatoms. The summed E-state index contributed by atoms with van der Waals surface area (Å²) in [6, 6.07) is 11.6. The molecular weight excluding hydrogens is 372 g/mol. The number of amides is 1. The van der Waals surface area contributed by atoms with Crippen LogP contribution in [0.2, 0.25) is 0 Å². The number of nitrogens with zero attached hydrogens (tertiary/aromatic N) is 1. The third-order valence-corrected chi connectivity index (χ3v) is 4.64. The number of ether oxygens (including phenoxy) is 1. The van der Waals surface area contributed by atoms with Gasteiger partial charge in [0.25, 0.3) is 11.6 Å². The van der Waals surface area contributed by atoms with E-state index in [1.807, 2.05) is 26.0 Å². The van der Waals surface area contributed by atoms with Crippen LogP contribution in [0, 0.1) is 16.0 Å². The maximum atomic E-state index is 12.4. The highest BCUT2D eigenvalue weighted by atomic mass is 16.6. The number of hydrogen-bond acceptors (Lipinski definition) is 5. The van der Waals surface area contributed by atoms with Crippen molar-refractivity contribution in [1.82, 2.24) is 5.32 Å². The Bertz CT molecular complexity index is 875. The molecule has 0 bridgehead atoms. The maximum absolute atomic E-state index is 12.4. The number of aldehydes is 1. The van der Waals surface area contributed by atoms with E-state index in [1.165, 1.54) is 17.7 Å². The summed E-state index contributed by atoms with van der Waals surface area (Å²) in [5.74, 6) is 0.377. The maximum Gasteiger partial charge on any atom is 0.270 e. The second-order valence-electron chi connectivity index (χ2n) is 7.50. The van der Waals surface area contributed by atoms with Gasteiger partial charge in [0.15, 0.2) is 12.9 Å². The first-order valence-corrected chi connectivity index (χ1v) is 9.48. The zero-order valence-electron chi connectivity index (χ0n) is 17.0. The Morgan fingerprint density at radius 1 is 1.10 bits per heavy atom. The monoisotopic (exact) mass is 398 g/mol. The molecule has 2 aromatic rings. The average molecular weight is 398 g/mol. The van der Waals surface area contributed by atoms with E-state index in [2.05, 4.69) is 31.3 Å². The molecule has 0 spiro atoms. The van der Waals surface area contributed by atoms with Crippen LogP contribution in [-0.2, 0) is 4.79 Å². The first kappa shape index (κ1) is 22.1. The number of nitro groups is 1. The lowest BCUT2D eigenvalue weighted by molar-refractivity contribution is -0.384. The molecule has 0 fully saturated rings. The zero-order chi connectivity index (χ0) is 21.6. The summed E-state index contributed by atoms with van der Waals surface area (Å²) < 4.78 is 5.43. The normalized spacial score (nSPS) is 11.9. The van der Waals surface area contributed by atoms with Crippen molar-refractivity contribution >= 4 is 17.9 Å². The smallest absolute Gasteiger partial charge is 0.270 e. The summed E-state index contributed by atoms with van der Waals surface area (Å²) in [6.45, 7) is 7.98. The topological polar surface area (TPSA) is 98.5 Å². The standard InChI is InChI=1S/C22H26N2O5/c1-14(2)16-5-7-17(8-6-16)22(15(3)4)23-21(26)13-29-20-10-9-19(24(27)28)11-18(20)12-25/h5-12,14-15,22H,13H2,1-4H3,(H,23,26)/t22-/m0/s1. The highest BCUT2D eigenvalue weighted by molar-refractivity contribution is 5.82. The van der Waals surface area contributed by atoms with Crippen LogP contribution in [0.5, 0.6) is 5.75 Å². The van der Waals surface area contributed by atoms with Crippen molar-refractivity contribution in [2.75, 3.05) is 6.61 Å². The van der Waals surface area contributed by atoms with Crippen LogP contribution in [0.25, 0.3) is 0 Å². The van der Waals surface area contributed by atoms with Gasteiger partial charge in [-0.3, -0.25) is 19.7 Å². The van der Waals surface area contributed by atoms with Gasteiger partial charge in [-0.25, -0.2) is 0 Å². The number of nitro benzene ring substituents is 1. The number of non-ortho nitro benzene ring substituents is 1. The first-order chi connectivity index (χ1) is 13.7. The van der Waals surface area contributed by atoms with Crippen molar-refractivity contribution < 1.29 is 19.2 Å². The number of carbonyl (C=O) groups excluding carboxylic acids is 2. The molecule has 1 amide bonds. The van der Waals surface area contributed by atoms with Crippen molar-refractivity contribution in [3.05, 3.63) is 69.3 Å². The molecule has 7 nitrogen and oxygen atoms in total. The van der Waals surface area contributed by atoms with Gasteiger partial charge in [-0.2, -0.15) is 0 Å². The Morgan fingerprint density at radius 3 is 2.24 bits per heavy atom. The predicted octanol–water partition coefficient (Wildman–Crippen LogP) is 4.42.